The molecule has 0 aliphatic heterocycles. The van der Waals surface area contributed by atoms with E-state index in [1.807, 2.05) is 0 Å². The second-order valence-corrected chi connectivity index (χ2v) is 4.88. The number of hydrogen-bond acceptors (Lipinski definition) is 2. The Hall–Kier alpha value is -1.29. The molecule has 1 atom stereocenters. The summed E-state index contributed by atoms with van der Waals surface area (Å²) in [6.07, 6.45) is -0.858. The third kappa shape index (κ3) is 3.38. The van der Waals surface area contributed by atoms with E-state index < -0.39 is 11.9 Å². The van der Waals surface area contributed by atoms with Crippen LogP contribution >= 0.6 is 23.2 Å². The molecule has 19 heavy (non-hydrogen) atoms. The summed E-state index contributed by atoms with van der Waals surface area (Å²) < 4.78 is 18.8. The van der Waals surface area contributed by atoms with Gasteiger partial charge in [-0.2, -0.15) is 0 Å². The first-order valence-electron chi connectivity index (χ1n) is 5.58. The molecule has 0 saturated carbocycles. The Labute approximate surface area is 120 Å². The Bertz CT molecular complexity index is 600. The molecule has 0 aromatic heterocycles. The molecule has 0 fully saturated rings. The molecule has 2 rings (SSSR count). The van der Waals surface area contributed by atoms with Crippen molar-refractivity contribution < 1.29 is 14.2 Å². The van der Waals surface area contributed by atoms with Crippen molar-refractivity contribution in [2.24, 2.45) is 0 Å². The highest BCUT2D eigenvalue weighted by Crippen LogP contribution is 2.35. The zero-order valence-electron chi connectivity index (χ0n) is 10.0. The molecular formula is C14H11Cl2FO2. The highest BCUT2D eigenvalue weighted by atomic mass is 35.5. The highest BCUT2D eigenvalue weighted by Gasteiger charge is 2.13. The van der Waals surface area contributed by atoms with Crippen LogP contribution in [0.25, 0.3) is 0 Å². The van der Waals surface area contributed by atoms with E-state index in [0.717, 1.165) is 0 Å². The van der Waals surface area contributed by atoms with E-state index in [1.165, 1.54) is 25.1 Å². The molecule has 2 nitrogen and oxygen atoms in total. The molecule has 0 saturated heterocycles. The van der Waals surface area contributed by atoms with Gasteiger partial charge in [0.15, 0.2) is 0 Å². The van der Waals surface area contributed by atoms with Gasteiger partial charge in [0.05, 0.1) is 11.1 Å². The van der Waals surface area contributed by atoms with Crippen LogP contribution in [0.1, 0.15) is 18.6 Å². The van der Waals surface area contributed by atoms with Crippen molar-refractivity contribution >= 4 is 23.2 Å². The van der Waals surface area contributed by atoms with Gasteiger partial charge in [-0.3, -0.25) is 0 Å². The van der Waals surface area contributed by atoms with Gasteiger partial charge in [-0.15, -0.1) is 0 Å². The van der Waals surface area contributed by atoms with Crippen LogP contribution in [-0.4, -0.2) is 5.11 Å². The number of hydrogen-bond donors (Lipinski definition) is 1. The molecule has 0 radical (unpaired) electrons. The lowest BCUT2D eigenvalue weighted by molar-refractivity contribution is 0.195. The molecule has 1 N–H and O–H groups in total. The van der Waals surface area contributed by atoms with Gasteiger partial charge in [0.25, 0.3) is 0 Å². The normalized spacial score (nSPS) is 12.3. The van der Waals surface area contributed by atoms with E-state index in [-0.39, 0.29) is 0 Å². The maximum atomic E-state index is 13.2. The van der Waals surface area contributed by atoms with Gasteiger partial charge in [-0.05, 0) is 37.3 Å². The monoisotopic (exact) mass is 300 g/mol. The smallest absolute Gasteiger partial charge is 0.147 e. The summed E-state index contributed by atoms with van der Waals surface area (Å²) in [6.45, 7) is 1.53. The summed E-state index contributed by atoms with van der Waals surface area (Å²) in [5.41, 5.74) is 0.344. The minimum atomic E-state index is -0.858. The van der Waals surface area contributed by atoms with E-state index in [1.54, 1.807) is 18.2 Å². The van der Waals surface area contributed by atoms with Crippen LogP contribution in [0.4, 0.5) is 4.39 Å². The van der Waals surface area contributed by atoms with E-state index >= 15 is 0 Å². The maximum Gasteiger partial charge on any atom is 0.147 e. The fraction of sp³-hybridized carbons (Fsp3) is 0.143. The number of benzene rings is 2. The largest absolute Gasteiger partial charge is 0.455 e. The van der Waals surface area contributed by atoms with Gasteiger partial charge in [-0.25, -0.2) is 4.39 Å². The summed E-state index contributed by atoms with van der Waals surface area (Å²) in [5.74, 6) is 0.240. The highest BCUT2D eigenvalue weighted by molar-refractivity contribution is 6.34. The summed E-state index contributed by atoms with van der Waals surface area (Å²) in [5, 5.41) is 10.5. The molecule has 0 bridgehead atoms. The summed E-state index contributed by atoms with van der Waals surface area (Å²) >= 11 is 11.9. The van der Waals surface area contributed by atoms with Crippen LogP contribution in [0.3, 0.4) is 0 Å². The van der Waals surface area contributed by atoms with Crippen LogP contribution in [0.5, 0.6) is 11.5 Å². The number of halogens is 3. The number of aliphatic hydroxyl groups is 1. The van der Waals surface area contributed by atoms with Crippen LogP contribution in [-0.2, 0) is 0 Å². The van der Waals surface area contributed by atoms with Crippen LogP contribution < -0.4 is 4.74 Å². The topological polar surface area (TPSA) is 29.5 Å². The average Bonchev–Trinajstić information content (AvgIpc) is 2.35. The molecular weight excluding hydrogens is 290 g/mol. The Morgan fingerprint density at radius 1 is 1.11 bits per heavy atom. The molecule has 2 aromatic carbocycles. The Kier molecular flexibility index (Phi) is 4.30. The summed E-state index contributed by atoms with van der Waals surface area (Å²) in [4.78, 5) is 0. The third-order valence-corrected chi connectivity index (χ3v) is 3.08. The molecule has 2 aromatic rings. The maximum absolute atomic E-state index is 13.2. The van der Waals surface area contributed by atoms with E-state index in [0.29, 0.717) is 27.1 Å². The molecule has 0 amide bonds. The van der Waals surface area contributed by atoms with E-state index in [9.17, 15) is 9.50 Å². The molecule has 0 aliphatic carbocycles. The summed E-state index contributed by atoms with van der Waals surface area (Å²) in [7, 11) is 0. The Morgan fingerprint density at radius 2 is 1.84 bits per heavy atom. The molecule has 0 aliphatic rings. The average molecular weight is 301 g/mol. The Balaban J connectivity index is 2.40. The predicted octanol–water partition coefficient (Wildman–Crippen LogP) is 4.98. The molecule has 0 heterocycles. The fourth-order valence-electron chi connectivity index (χ4n) is 1.61. The van der Waals surface area contributed by atoms with Gasteiger partial charge in [0.2, 0.25) is 0 Å². The molecule has 0 unspecified atom stereocenters. The first kappa shape index (κ1) is 14.1. The minimum absolute atomic E-state index is 0.334. The quantitative estimate of drug-likeness (QED) is 0.866. The Morgan fingerprint density at radius 3 is 2.53 bits per heavy atom. The van der Waals surface area contributed by atoms with Crippen molar-refractivity contribution in [2.45, 2.75) is 13.0 Å². The van der Waals surface area contributed by atoms with Crippen molar-refractivity contribution in [3.63, 3.8) is 0 Å². The third-order valence-electron chi connectivity index (χ3n) is 2.54. The zero-order valence-corrected chi connectivity index (χ0v) is 11.5. The molecule has 0 spiro atoms. The van der Waals surface area contributed by atoms with Crippen molar-refractivity contribution in [2.75, 3.05) is 0 Å². The lowest BCUT2D eigenvalue weighted by Gasteiger charge is -2.14. The molecule has 100 valence electrons. The first-order valence-corrected chi connectivity index (χ1v) is 6.33. The van der Waals surface area contributed by atoms with Gasteiger partial charge in [0, 0.05) is 16.7 Å². The van der Waals surface area contributed by atoms with Gasteiger partial charge >= 0.3 is 0 Å². The zero-order chi connectivity index (χ0) is 14.0. The standard InChI is InChI=1S/C14H11Cl2FO2/c1-8(18)11-7-10(17)3-5-13(11)19-14-6-9(15)2-4-12(14)16/h2-8,18H,1H3/t8-/m0/s1. The van der Waals surface area contributed by atoms with E-state index in [2.05, 4.69) is 0 Å². The lowest BCUT2D eigenvalue weighted by Crippen LogP contribution is -1.97. The van der Waals surface area contributed by atoms with E-state index in [4.69, 9.17) is 27.9 Å². The van der Waals surface area contributed by atoms with Crippen molar-refractivity contribution in [1.82, 2.24) is 0 Å². The number of aliphatic hydroxyl groups excluding tert-OH is 1. The van der Waals surface area contributed by atoms with Gasteiger partial charge in [0.1, 0.15) is 17.3 Å². The lowest BCUT2D eigenvalue weighted by atomic mass is 10.1. The van der Waals surface area contributed by atoms with Crippen molar-refractivity contribution in [1.29, 1.82) is 0 Å². The van der Waals surface area contributed by atoms with Gasteiger partial charge in [-0.1, -0.05) is 23.2 Å². The SMILES string of the molecule is C[C@H](O)c1cc(F)ccc1Oc1cc(Cl)ccc1Cl. The van der Waals surface area contributed by atoms with Crippen molar-refractivity contribution in [3.05, 3.63) is 57.8 Å². The predicted molar refractivity (Wildman–Crippen MR) is 73.6 cm³/mol. The number of ether oxygens (including phenoxy) is 1. The van der Waals surface area contributed by atoms with Crippen LogP contribution in [0.15, 0.2) is 36.4 Å². The van der Waals surface area contributed by atoms with Gasteiger partial charge < -0.3 is 9.84 Å². The molecule has 5 heteroatoms. The summed E-state index contributed by atoms with van der Waals surface area (Å²) in [6, 6.07) is 8.70. The second kappa shape index (κ2) is 5.78. The minimum Gasteiger partial charge on any atom is -0.455 e. The second-order valence-electron chi connectivity index (χ2n) is 4.03. The first-order chi connectivity index (χ1) is 8.97. The fourth-order valence-corrected chi connectivity index (χ4v) is 1.93. The van der Waals surface area contributed by atoms with Crippen molar-refractivity contribution in [3.8, 4) is 11.5 Å². The van der Waals surface area contributed by atoms with Crippen LogP contribution in [0.2, 0.25) is 10.0 Å². The number of rotatable bonds is 3. The van der Waals surface area contributed by atoms with Crippen LogP contribution in [0, 0.1) is 5.82 Å².